The number of aromatic nitrogens is 1. The summed E-state index contributed by atoms with van der Waals surface area (Å²) in [6, 6.07) is 8.65. The van der Waals surface area contributed by atoms with E-state index in [2.05, 4.69) is 15.0 Å². The molecule has 19 heavy (non-hydrogen) atoms. The Balaban J connectivity index is 2.02. The number of carbonyl (C=O) groups excluding carboxylic acids is 1. The molecule has 0 saturated carbocycles. The first-order chi connectivity index (χ1) is 9.10. The topological polar surface area (TPSA) is 74.3 Å². The molecule has 5 heteroatoms. The molecule has 100 valence electrons. The summed E-state index contributed by atoms with van der Waals surface area (Å²) in [5, 5.41) is 12.6. The number of nitrogens with one attached hydrogen (secondary N) is 2. The molecular weight excluding hydrogens is 244 g/mol. The Hall–Kier alpha value is -2.43. The van der Waals surface area contributed by atoms with E-state index in [1.54, 1.807) is 18.2 Å². The molecule has 0 saturated heterocycles. The third kappa shape index (κ3) is 3.07. The van der Waals surface area contributed by atoms with Gasteiger partial charge in [-0.15, -0.1) is 0 Å². The zero-order chi connectivity index (χ0) is 13.8. The van der Waals surface area contributed by atoms with E-state index < -0.39 is 0 Å². The van der Waals surface area contributed by atoms with Crippen LogP contribution in [0.2, 0.25) is 0 Å². The first-order valence-electron chi connectivity index (χ1n) is 5.90. The number of phenols is 1. The van der Waals surface area contributed by atoms with Gasteiger partial charge >= 0.3 is 5.97 Å². The maximum Gasteiger partial charge on any atom is 0.354 e. The maximum absolute atomic E-state index is 11.3. The van der Waals surface area contributed by atoms with Gasteiger partial charge in [-0.1, -0.05) is 0 Å². The lowest BCUT2D eigenvalue weighted by atomic mass is 10.2. The van der Waals surface area contributed by atoms with Gasteiger partial charge in [0, 0.05) is 11.4 Å². The fourth-order valence-corrected chi connectivity index (χ4v) is 1.81. The second-order valence-corrected chi connectivity index (χ2v) is 4.24. The number of aromatic hydroxyl groups is 1. The Morgan fingerprint density at radius 1 is 1.37 bits per heavy atom. The maximum atomic E-state index is 11.3. The van der Waals surface area contributed by atoms with Gasteiger partial charge in [0.05, 0.1) is 13.7 Å². The molecule has 0 aliphatic carbocycles. The van der Waals surface area contributed by atoms with Gasteiger partial charge in [-0.2, -0.15) is 0 Å². The molecule has 0 radical (unpaired) electrons. The molecular formula is C14H16N2O3. The zero-order valence-corrected chi connectivity index (χ0v) is 10.9. The number of H-pyrrole nitrogens is 1. The summed E-state index contributed by atoms with van der Waals surface area (Å²) < 4.78 is 4.63. The Labute approximate surface area is 111 Å². The van der Waals surface area contributed by atoms with Gasteiger partial charge in [-0.3, -0.25) is 0 Å². The molecule has 2 rings (SSSR count). The second kappa shape index (κ2) is 5.48. The predicted octanol–water partition coefficient (Wildman–Crippen LogP) is 2.43. The molecule has 0 aliphatic heterocycles. The molecule has 0 fully saturated rings. The number of hydrogen-bond acceptors (Lipinski definition) is 4. The van der Waals surface area contributed by atoms with Gasteiger partial charge in [0.2, 0.25) is 0 Å². The number of aryl methyl sites for hydroxylation is 1. The van der Waals surface area contributed by atoms with Crippen molar-refractivity contribution in [3.63, 3.8) is 0 Å². The van der Waals surface area contributed by atoms with Crippen LogP contribution in [0.3, 0.4) is 0 Å². The summed E-state index contributed by atoms with van der Waals surface area (Å²) in [6.45, 7) is 2.47. The number of rotatable bonds is 4. The molecule has 2 aromatic rings. The third-order valence-corrected chi connectivity index (χ3v) is 2.83. The van der Waals surface area contributed by atoms with E-state index in [0.29, 0.717) is 12.2 Å². The standard InChI is InChI=1S/C14H16N2O3/c1-9-7-11(17)4-6-12(9)15-8-10-3-5-13(16-10)14(18)19-2/h3-7,15-17H,8H2,1-2H3. The van der Waals surface area contributed by atoms with Crippen molar-refractivity contribution < 1.29 is 14.6 Å². The van der Waals surface area contributed by atoms with Crippen LogP contribution in [0.4, 0.5) is 5.69 Å². The van der Waals surface area contributed by atoms with Crippen molar-refractivity contribution >= 4 is 11.7 Å². The number of anilines is 1. The van der Waals surface area contributed by atoms with Crippen molar-refractivity contribution in [3.05, 3.63) is 47.3 Å². The highest BCUT2D eigenvalue weighted by Gasteiger charge is 2.08. The highest BCUT2D eigenvalue weighted by atomic mass is 16.5. The van der Waals surface area contributed by atoms with Crippen LogP contribution >= 0.6 is 0 Å². The van der Waals surface area contributed by atoms with Crippen molar-refractivity contribution in [2.45, 2.75) is 13.5 Å². The van der Waals surface area contributed by atoms with Crippen LogP contribution < -0.4 is 5.32 Å². The summed E-state index contributed by atoms with van der Waals surface area (Å²) in [4.78, 5) is 14.3. The first kappa shape index (κ1) is 13.0. The van der Waals surface area contributed by atoms with Crippen molar-refractivity contribution in [1.82, 2.24) is 4.98 Å². The Kier molecular flexibility index (Phi) is 3.75. The van der Waals surface area contributed by atoms with Crippen LogP contribution in [-0.4, -0.2) is 23.2 Å². The number of ether oxygens (including phenoxy) is 1. The van der Waals surface area contributed by atoms with E-state index in [0.717, 1.165) is 16.9 Å². The monoisotopic (exact) mass is 260 g/mol. The van der Waals surface area contributed by atoms with Gasteiger partial charge in [-0.25, -0.2) is 4.79 Å². The van der Waals surface area contributed by atoms with E-state index in [9.17, 15) is 9.90 Å². The van der Waals surface area contributed by atoms with E-state index >= 15 is 0 Å². The minimum atomic E-state index is -0.382. The lowest BCUT2D eigenvalue weighted by Crippen LogP contribution is -2.04. The van der Waals surface area contributed by atoms with Gasteiger partial charge in [-0.05, 0) is 42.8 Å². The van der Waals surface area contributed by atoms with E-state index in [-0.39, 0.29) is 11.7 Å². The number of phenolic OH excluding ortho intramolecular Hbond substituents is 1. The number of methoxy groups -OCH3 is 1. The molecule has 3 N–H and O–H groups in total. The quantitative estimate of drug-likeness (QED) is 0.583. The first-order valence-corrected chi connectivity index (χ1v) is 5.90. The molecule has 5 nitrogen and oxygen atoms in total. The minimum Gasteiger partial charge on any atom is -0.508 e. The Bertz CT molecular complexity index is 590. The van der Waals surface area contributed by atoms with Crippen LogP contribution in [0.5, 0.6) is 5.75 Å². The molecule has 1 aromatic heterocycles. The van der Waals surface area contributed by atoms with Crippen LogP contribution in [0.25, 0.3) is 0 Å². The van der Waals surface area contributed by atoms with E-state index in [1.165, 1.54) is 7.11 Å². The average molecular weight is 260 g/mol. The number of aromatic amines is 1. The SMILES string of the molecule is COC(=O)c1ccc(CNc2ccc(O)cc2C)[nH]1. The fourth-order valence-electron chi connectivity index (χ4n) is 1.81. The highest BCUT2D eigenvalue weighted by molar-refractivity contribution is 5.87. The molecule has 0 amide bonds. The van der Waals surface area contributed by atoms with Crippen molar-refractivity contribution in [2.24, 2.45) is 0 Å². The number of carbonyl (C=O) groups is 1. The smallest absolute Gasteiger partial charge is 0.354 e. The highest BCUT2D eigenvalue weighted by Crippen LogP contribution is 2.20. The second-order valence-electron chi connectivity index (χ2n) is 4.24. The molecule has 0 bridgehead atoms. The van der Waals surface area contributed by atoms with Gasteiger partial charge < -0.3 is 20.1 Å². The summed E-state index contributed by atoms with van der Waals surface area (Å²) in [5.74, 6) is -0.136. The van der Waals surface area contributed by atoms with Crippen molar-refractivity contribution in [2.75, 3.05) is 12.4 Å². The number of benzene rings is 1. The lowest BCUT2D eigenvalue weighted by molar-refractivity contribution is 0.0594. The van der Waals surface area contributed by atoms with E-state index in [4.69, 9.17) is 0 Å². The average Bonchev–Trinajstić information content (AvgIpc) is 2.85. The Morgan fingerprint density at radius 3 is 2.84 bits per heavy atom. The predicted molar refractivity (Wildman–Crippen MR) is 72.3 cm³/mol. The largest absolute Gasteiger partial charge is 0.508 e. The summed E-state index contributed by atoms with van der Waals surface area (Å²) in [7, 11) is 1.35. The van der Waals surface area contributed by atoms with Crippen LogP contribution in [0.1, 0.15) is 21.7 Å². The summed E-state index contributed by atoms with van der Waals surface area (Å²) >= 11 is 0. The van der Waals surface area contributed by atoms with Crippen molar-refractivity contribution in [1.29, 1.82) is 0 Å². The number of hydrogen-bond donors (Lipinski definition) is 3. The van der Waals surface area contributed by atoms with E-state index in [1.807, 2.05) is 19.1 Å². The molecule has 1 heterocycles. The molecule has 1 aromatic carbocycles. The summed E-state index contributed by atoms with van der Waals surface area (Å²) in [6.07, 6.45) is 0. The summed E-state index contributed by atoms with van der Waals surface area (Å²) in [5.41, 5.74) is 3.21. The lowest BCUT2D eigenvalue weighted by Gasteiger charge is -2.08. The van der Waals surface area contributed by atoms with Gasteiger partial charge in [0.1, 0.15) is 11.4 Å². The van der Waals surface area contributed by atoms with Crippen LogP contribution in [0, 0.1) is 6.92 Å². The molecule has 0 unspecified atom stereocenters. The van der Waals surface area contributed by atoms with Crippen LogP contribution in [0.15, 0.2) is 30.3 Å². The normalized spacial score (nSPS) is 10.2. The fraction of sp³-hybridized carbons (Fsp3) is 0.214. The molecule has 0 aliphatic rings. The van der Waals surface area contributed by atoms with Crippen molar-refractivity contribution in [3.8, 4) is 5.75 Å². The molecule has 0 spiro atoms. The minimum absolute atomic E-state index is 0.246. The Morgan fingerprint density at radius 2 is 2.16 bits per heavy atom. The third-order valence-electron chi connectivity index (χ3n) is 2.83. The van der Waals surface area contributed by atoms with Gasteiger partial charge in [0.15, 0.2) is 0 Å². The zero-order valence-electron chi connectivity index (χ0n) is 10.9. The number of esters is 1. The van der Waals surface area contributed by atoms with Gasteiger partial charge in [0.25, 0.3) is 0 Å². The molecule has 0 atom stereocenters. The van der Waals surface area contributed by atoms with Crippen LogP contribution in [-0.2, 0) is 11.3 Å².